The van der Waals surface area contributed by atoms with E-state index in [1.807, 2.05) is 19.9 Å². The number of nitrogens with zero attached hydrogens (tertiary/aromatic N) is 1. The number of para-hydroxylation sites is 2. The first-order chi connectivity index (χ1) is 23.1. The minimum Gasteiger partial charge on any atom is -0.491 e. The minimum absolute atomic E-state index is 0.0347. The van der Waals surface area contributed by atoms with Gasteiger partial charge in [-0.15, -0.1) is 0 Å². The van der Waals surface area contributed by atoms with Crippen LogP contribution in [0.3, 0.4) is 0 Å². The molecule has 2 aliphatic rings. The van der Waals surface area contributed by atoms with Crippen LogP contribution in [0.15, 0.2) is 72.8 Å². The first kappa shape index (κ1) is 34.2. The zero-order valence-electron chi connectivity index (χ0n) is 27.2. The Kier molecular flexibility index (Phi) is 11.1. The lowest BCUT2D eigenvalue weighted by Gasteiger charge is -2.32. The van der Waals surface area contributed by atoms with Gasteiger partial charge in [-0.3, -0.25) is 19.2 Å². The van der Waals surface area contributed by atoms with Crippen LogP contribution in [-0.4, -0.2) is 72.5 Å². The molecule has 0 bridgehead atoms. The van der Waals surface area contributed by atoms with Gasteiger partial charge in [-0.05, 0) is 62.1 Å². The second kappa shape index (κ2) is 15.6. The van der Waals surface area contributed by atoms with Crippen LogP contribution in [0.1, 0.15) is 50.4 Å². The molecular formula is C36H41FN4O7. The Morgan fingerprint density at radius 1 is 1.00 bits per heavy atom. The number of benzene rings is 3. The average molecular weight is 661 g/mol. The van der Waals surface area contributed by atoms with Crippen molar-refractivity contribution in [1.82, 2.24) is 20.9 Å². The molecule has 1 fully saturated rings. The molecule has 3 N–H and O–H groups in total. The number of carbonyl (C=O) groups is 4. The number of carbonyl (C=O) groups excluding carboxylic acids is 4. The monoisotopic (exact) mass is 660 g/mol. The third-order valence-electron chi connectivity index (χ3n) is 8.24. The molecule has 3 aromatic carbocycles. The van der Waals surface area contributed by atoms with E-state index in [2.05, 4.69) is 16.0 Å². The van der Waals surface area contributed by atoms with Gasteiger partial charge in [-0.25, -0.2) is 4.39 Å². The molecule has 0 radical (unpaired) electrons. The highest BCUT2D eigenvalue weighted by Crippen LogP contribution is 2.32. The van der Waals surface area contributed by atoms with Gasteiger partial charge in [0.2, 0.25) is 17.7 Å². The Balaban J connectivity index is 1.32. The summed E-state index contributed by atoms with van der Waals surface area (Å²) in [5.74, 6) is -1.50. The number of hydrogen-bond acceptors (Lipinski definition) is 7. The van der Waals surface area contributed by atoms with E-state index in [0.717, 1.165) is 12.8 Å². The van der Waals surface area contributed by atoms with Crippen LogP contribution >= 0.6 is 0 Å². The number of hydrogen-bond donors (Lipinski definition) is 3. The van der Waals surface area contributed by atoms with E-state index < -0.39 is 48.1 Å². The summed E-state index contributed by atoms with van der Waals surface area (Å²) >= 11 is 0. The number of rotatable bonds is 8. The van der Waals surface area contributed by atoms with E-state index in [9.17, 15) is 23.6 Å². The summed E-state index contributed by atoms with van der Waals surface area (Å²) in [6.45, 7) is 6.06. The number of amides is 4. The first-order valence-corrected chi connectivity index (χ1v) is 16.2. The molecule has 0 aromatic heterocycles. The fraction of sp³-hybridized carbons (Fsp3) is 0.389. The van der Waals surface area contributed by atoms with Gasteiger partial charge in [0.05, 0.1) is 24.1 Å². The fourth-order valence-electron chi connectivity index (χ4n) is 5.72. The van der Waals surface area contributed by atoms with Crippen molar-refractivity contribution in [1.29, 1.82) is 0 Å². The minimum atomic E-state index is -1.29. The zero-order valence-corrected chi connectivity index (χ0v) is 27.2. The maximum Gasteiger partial charge on any atom is 0.255 e. The van der Waals surface area contributed by atoms with E-state index in [1.165, 1.54) is 18.2 Å². The van der Waals surface area contributed by atoms with Gasteiger partial charge in [-0.2, -0.15) is 0 Å². The second-order valence-electron chi connectivity index (χ2n) is 12.4. The summed E-state index contributed by atoms with van der Waals surface area (Å²) < 4.78 is 31.8. The lowest BCUT2D eigenvalue weighted by atomic mass is 10.0. The highest BCUT2D eigenvalue weighted by atomic mass is 19.1. The topological polar surface area (TPSA) is 135 Å². The summed E-state index contributed by atoms with van der Waals surface area (Å²) in [5.41, 5.74) is 0.197. The Bertz CT molecular complexity index is 1620. The standard InChI is InChI=1S/C36H41FN4O7/c1-22(2)33-36(45)41-17-9-10-25(41)21-47-29-14-8-7-13-27(29)34(43)39-28(19-32(42)40-33)35(44)38-23(3)20-46-30-16-15-24(37)18-31(30)48-26-11-5-4-6-12-26/h4-8,11-16,18,22-23,25,28,33H,9-10,17,19-21H2,1-3H3,(H,38,44)(H,39,43)(H,40,42)/t23-,25+,28+,33-/m1/s1. The lowest BCUT2D eigenvalue weighted by molar-refractivity contribution is -0.139. The van der Waals surface area contributed by atoms with Gasteiger partial charge in [0.15, 0.2) is 11.5 Å². The Hall–Kier alpha value is -5.13. The van der Waals surface area contributed by atoms with Crippen LogP contribution in [0.5, 0.6) is 23.0 Å². The largest absolute Gasteiger partial charge is 0.491 e. The Labute approximate surface area is 279 Å². The van der Waals surface area contributed by atoms with Gasteiger partial charge < -0.3 is 35.1 Å². The van der Waals surface area contributed by atoms with Crippen molar-refractivity contribution < 1.29 is 37.8 Å². The second-order valence-corrected chi connectivity index (χ2v) is 12.4. The molecule has 4 amide bonds. The van der Waals surface area contributed by atoms with E-state index in [-0.39, 0.29) is 48.1 Å². The maximum atomic E-state index is 14.0. The van der Waals surface area contributed by atoms with Gasteiger partial charge in [0, 0.05) is 12.6 Å². The first-order valence-electron chi connectivity index (χ1n) is 16.2. The van der Waals surface area contributed by atoms with Crippen molar-refractivity contribution in [3.63, 3.8) is 0 Å². The molecule has 5 rings (SSSR count). The normalized spacial score (nSPS) is 20.7. The number of fused-ring (bicyclic) bond motifs is 2. The highest BCUT2D eigenvalue weighted by Gasteiger charge is 2.37. The molecule has 48 heavy (non-hydrogen) atoms. The Morgan fingerprint density at radius 2 is 1.75 bits per heavy atom. The maximum absolute atomic E-state index is 14.0. The van der Waals surface area contributed by atoms with E-state index >= 15 is 0 Å². The molecule has 0 spiro atoms. The van der Waals surface area contributed by atoms with Gasteiger partial charge in [-0.1, -0.05) is 44.2 Å². The average Bonchev–Trinajstić information content (AvgIpc) is 3.54. The fourth-order valence-corrected chi connectivity index (χ4v) is 5.72. The van der Waals surface area contributed by atoms with Crippen LogP contribution in [0.4, 0.5) is 4.39 Å². The molecule has 4 atom stereocenters. The predicted molar refractivity (Wildman–Crippen MR) is 175 cm³/mol. The highest BCUT2D eigenvalue weighted by molar-refractivity contribution is 6.01. The predicted octanol–water partition coefficient (Wildman–Crippen LogP) is 4.21. The van der Waals surface area contributed by atoms with E-state index in [0.29, 0.717) is 18.0 Å². The van der Waals surface area contributed by atoms with Crippen LogP contribution in [-0.2, 0) is 14.4 Å². The van der Waals surface area contributed by atoms with Crippen LogP contribution in [0, 0.1) is 11.7 Å². The van der Waals surface area contributed by atoms with Crippen molar-refractivity contribution in [2.45, 2.75) is 64.2 Å². The van der Waals surface area contributed by atoms with Gasteiger partial charge in [0.1, 0.15) is 42.6 Å². The van der Waals surface area contributed by atoms with Crippen molar-refractivity contribution in [2.75, 3.05) is 19.8 Å². The number of nitrogens with one attached hydrogen (secondary N) is 3. The lowest BCUT2D eigenvalue weighted by Crippen LogP contribution is -2.56. The molecule has 12 heteroatoms. The number of ether oxygens (including phenoxy) is 3. The van der Waals surface area contributed by atoms with Gasteiger partial charge >= 0.3 is 0 Å². The zero-order chi connectivity index (χ0) is 34.2. The van der Waals surface area contributed by atoms with Crippen molar-refractivity contribution in [2.24, 2.45) is 5.92 Å². The third-order valence-corrected chi connectivity index (χ3v) is 8.24. The molecule has 254 valence electrons. The van der Waals surface area contributed by atoms with Crippen molar-refractivity contribution >= 4 is 23.6 Å². The molecule has 11 nitrogen and oxygen atoms in total. The van der Waals surface area contributed by atoms with Crippen molar-refractivity contribution in [3.05, 3.63) is 84.2 Å². The molecule has 0 unspecified atom stereocenters. The molecule has 0 saturated carbocycles. The third kappa shape index (κ3) is 8.61. The molecule has 3 aromatic rings. The molecule has 2 aliphatic heterocycles. The molecule has 1 saturated heterocycles. The quantitative estimate of drug-likeness (QED) is 0.330. The summed E-state index contributed by atoms with van der Waals surface area (Å²) in [6, 6.07) is 16.4. The number of halogens is 1. The molecule has 2 heterocycles. The molecular weight excluding hydrogens is 619 g/mol. The summed E-state index contributed by atoms with van der Waals surface area (Å²) in [7, 11) is 0. The van der Waals surface area contributed by atoms with Gasteiger partial charge in [0.25, 0.3) is 5.91 Å². The SMILES string of the molecule is CC(C)[C@H]1NC(=O)C[C@@H](C(=O)N[C@H](C)COc2ccc(F)cc2Oc2ccccc2)NC(=O)c2ccccc2OC[C@@H]2CCCN2C1=O. The van der Waals surface area contributed by atoms with Crippen LogP contribution in [0.2, 0.25) is 0 Å². The Morgan fingerprint density at radius 3 is 2.52 bits per heavy atom. The summed E-state index contributed by atoms with van der Waals surface area (Å²) in [4.78, 5) is 55.9. The smallest absolute Gasteiger partial charge is 0.255 e. The van der Waals surface area contributed by atoms with Crippen LogP contribution < -0.4 is 30.2 Å². The van der Waals surface area contributed by atoms with Crippen LogP contribution in [0.25, 0.3) is 0 Å². The van der Waals surface area contributed by atoms with E-state index in [1.54, 1.807) is 60.4 Å². The summed E-state index contributed by atoms with van der Waals surface area (Å²) in [5, 5.41) is 8.29. The molecule has 0 aliphatic carbocycles. The van der Waals surface area contributed by atoms with E-state index in [4.69, 9.17) is 14.2 Å². The summed E-state index contributed by atoms with van der Waals surface area (Å²) in [6.07, 6.45) is 1.12. The van der Waals surface area contributed by atoms with Crippen molar-refractivity contribution in [3.8, 4) is 23.0 Å².